The fraction of sp³-hybridized carbons (Fsp3) is 0.538. The average Bonchev–Trinajstić information content (AvgIpc) is 2.20. The first-order valence-electron chi connectivity index (χ1n) is 6.10. The molecule has 1 aliphatic rings. The van der Waals surface area contributed by atoms with Crippen LogP contribution >= 0.6 is 15.9 Å². The Morgan fingerprint density at radius 3 is 2.68 bits per heavy atom. The second kappa shape index (κ2) is 5.36. The van der Waals surface area contributed by atoms with Crippen LogP contribution in [-0.4, -0.2) is 40.8 Å². The van der Waals surface area contributed by atoms with Gasteiger partial charge in [0.15, 0.2) is 0 Å². The molecule has 1 aromatic heterocycles. The number of hydrogen-bond donors (Lipinski definition) is 0. The molecule has 1 amide bonds. The number of amides is 1. The predicted molar refractivity (Wildman–Crippen MR) is 74.2 cm³/mol. The predicted octanol–water partition coefficient (Wildman–Crippen LogP) is 2.84. The maximum Gasteiger partial charge on any atom is 0.410 e. The molecule has 0 radical (unpaired) electrons. The summed E-state index contributed by atoms with van der Waals surface area (Å²) in [5.74, 6) is 0.559. The quantitative estimate of drug-likeness (QED) is 0.783. The molecular formula is C13H17BrN2O3. The maximum atomic E-state index is 11.7. The Morgan fingerprint density at radius 1 is 1.42 bits per heavy atom. The molecule has 104 valence electrons. The van der Waals surface area contributed by atoms with Crippen LogP contribution in [0.3, 0.4) is 0 Å². The number of likely N-dealkylation sites (tertiary alicyclic amines) is 1. The first-order valence-corrected chi connectivity index (χ1v) is 6.90. The number of halogens is 1. The van der Waals surface area contributed by atoms with Crippen LogP contribution < -0.4 is 4.74 Å². The van der Waals surface area contributed by atoms with Gasteiger partial charge in [-0.25, -0.2) is 9.78 Å². The molecule has 2 heterocycles. The van der Waals surface area contributed by atoms with Crippen molar-refractivity contribution in [2.75, 3.05) is 13.1 Å². The fourth-order valence-electron chi connectivity index (χ4n) is 1.61. The van der Waals surface area contributed by atoms with Gasteiger partial charge in [-0.1, -0.05) is 6.07 Å². The Morgan fingerprint density at radius 2 is 2.11 bits per heavy atom. The molecule has 0 N–H and O–H groups in total. The van der Waals surface area contributed by atoms with Crippen molar-refractivity contribution in [3.63, 3.8) is 0 Å². The first kappa shape index (κ1) is 14.1. The molecule has 1 saturated heterocycles. The highest BCUT2D eigenvalue weighted by Gasteiger charge is 2.35. The lowest BCUT2D eigenvalue weighted by molar-refractivity contribution is -0.0232. The summed E-state index contributed by atoms with van der Waals surface area (Å²) in [4.78, 5) is 17.5. The SMILES string of the molecule is CC(C)(C)OC(=O)N1CC(Oc2cccc(Br)n2)C1. The summed E-state index contributed by atoms with van der Waals surface area (Å²) in [5.41, 5.74) is -0.463. The van der Waals surface area contributed by atoms with Crippen LogP contribution in [0.2, 0.25) is 0 Å². The second-order valence-corrected chi connectivity index (χ2v) is 6.24. The van der Waals surface area contributed by atoms with Crippen LogP contribution in [0.4, 0.5) is 4.79 Å². The largest absolute Gasteiger partial charge is 0.471 e. The van der Waals surface area contributed by atoms with Gasteiger partial charge < -0.3 is 14.4 Å². The summed E-state index contributed by atoms with van der Waals surface area (Å²) >= 11 is 3.28. The number of rotatable bonds is 2. The minimum atomic E-state index is -0.463. The number of pyridine rings is 1. The minimum absolute atomic E-state index is 0.0191. The van der Waals surface area contributed by atoms with Gasteiger partial charge in [0.1, 0.15) is 16.3 Å². The molecule has 2 rings (SSSR count). The maximum absolute atomic E-state index is 11.7. The Hall–Kier alpha value is -1.30. The molecule has 1 aliphatic heterocycles. The number of carbonyl (C=O) groups is 1. The highest BCUT2D eigenvalue weighted by atomic mass is 79.9. The van der Waals surface area contributed by atoms with Gasteiger partial charge >= 0.3 is 6.09 Å². The van der Waals surface area contributed by atoms with Crippen LogP contribution in [0, 0.1) is 0 Å². The molecule has 5 nitrogen and oxygen atoms in total. The Kier molecular flexibility index (Phi) is 3.99. The molecule has 0 aliphatic carbocycles. The molecule has 6 heteroatoms. The van der Waals surface area contributed by atoms with E-state index in [0.717, 1.165) is 4.60 Å². The van der Waals surface area contributed by atoms with Crippen molar-refractivity contribution in [1.82, 2.24) is 9.88 Å². The van der Waals surface area contributed by atoms with E-state index in [-0.39, 0.29) is 12.2 Å². The number of carbonyl (C=O) groups excluding carboxylic acids is 1. The molecule has 19 heavy (non-hydrogen) atoms. The van der Waals surface area contributed by atoms with E-state index in [4.69, 9.17) is 9.47 Å². The van der Waals surface area contributed by atoms with E-state index < -0.39 is 5.60 Å². The summed E-state index contributed by atoms with van der Waals surface area (Å²) in [6.07, 6.45) is -0.316. The average molecular weight is 329 g/mol. The van der Waals surface area contributed by atoms with Gasteiger partial charge in [-0.05, 0) is 42.8 Å². The summed E-state index contributed by atoms with van der Waals surface area (Å²) in [6.45, 7) is 6.62. The minimum Gasteiger partial charge on any atom is -0.471 e. The van der Waals surface area contributed by atoms with Crippen LogP contribution in [0.5, 0.6) is 5.88 Å². The van der Waals surface area contributed by atoms with Crippen LogP contribution in [0.1, 0.15) is 20.8 Å². The van der Waals surface area contributed by atoms with Gasteiger partial charge in [0.25, 0.3) is 0 Å². The molecule has 0 unspecified atom stereocenters. The zero-order valence-electron chi connectivity index (χ0n) is 11.2. The summed E-state index contributed by atoms with van der Waals surface area (Å²) in [6, 6.07) is 5.48. The molecule has 1 aromatic rings. The van der Waals surface area contributed by atoms with Crippen molar-refractivity contribution >= 4 is 22.0 Å². The van der Waals surface area contributed by atoms with Gasteiger partial charge in [0.2, 0.25) is 5.88 Å². The lowest BCUT2D eigenvalue weighted by Gasteiger charge is -2.39. The Labute approximate surface area is 121 Å². The normalized spacial score (nSPS) is 15.9. The standard InChI is InChI=1S/C13H17BrN2O3/c1-13(2,3)19-12(17)16-7-9(8-16)18-11-6-4-5-10(14)15-11/h4-6,9H,7-8H2,1-3H3. The number of ether oxygens (including phenoxy) is 2. The van der Waals surface area contributed by atoms with Crippen molar-refractivity contribution in [2.24, 2.45) is 0 Å². The number of hydrogen-bond acceptors (Lipinski definition) is 4. The van der Waals surface area contributed by atoms with E-state index in [0.29, 0.717) is 19.0 Å². The Balaban J connectivity index is 1.79. The number of aromatic nitrogens is 1. The lowest BCUT2D eigenvalue weighted by Crippen LogP contribution is -2.57. The lowest BCUT2D eigenvalue weighted by atomic mass is 10.2. The van der Waals surface area contributed by atoms with Gasteiger partial charge in [-0.15, -0.1) is 0 Å². The van der Waals surface area contributed by atoms with Crippen molar-refractivity contribution in [1.29, 1.82) is 0 Å². The third-order valence-electron chi connectivity index (χ3n) is 2.48. The third kappa shape index (κ3) is 4.09. The second-order valence-electron chi connectivity index (χ2n) is 5.42. The van der Waals surface area contributed by atoms with E-state index in [1.54, 1.807) is 11.0 Å². The van der Waals surface area contributed by atoms with Crippen molar-refractivity contribution < 1.29 is 14.3 Å². The molecular weight excluding hydrogens is 312 g/mol. The van der Waals surface area contributed by atoms with Gasteiger partial charge in [0, 0.05) is 6.07 Å². The molecule has 1 fully saturated rings. The molecule has 0 atom stereocenters. The third-order valence-corrected chi connectivity index (χ3v) is 2.92. The topological polar surface area (TPSA) is 51.7 Å². The van der Waals surface area contributed by atoms with E-state index >= 15 is 0 Å². The molecule has 0 bridgehead atoms. The van der Waals surface area contributed by atoms with E-state index in [1.807, 2.05) is 32.9 Å². The smallest absolute Gasteiger partial charge is 0.410 e. The fourth-order valence-corrected chi connectivity index (χ4v) is 1.94. The van der Waals surface area contributed by atoms with E-state index in [9.17, 15) is 4.79 Å². The van der Waals surface area contributed by atoms with E-state index in [1.165, 1.54) is 0 Å². The van der Waals surface area contributed by atoms with Crippen molar-refractivity contribution in [3.05, 3.63) is 22.8 Å². The molecule has 0 spiro atoms. The highest BCUT2D eigenvalue weighted by molar-refractivity contribution is 9.10. The molecule has 0 saturated carbocycles. The number of nitrogens with zero attached hydrogens (tertiary/aromatic N) is 2. The van der Waals surface area contributed by atoms with Crippen LogP contribution in [-0.2, 0) is 4.74 Å². The van der Waals surface area contributed by atoms with Crippen LogP contribution in [0.15, 0.2) is 22.8 Å². The van der Waals surface area contributed by atoms with Gasteiger partial charge in [-0.2, -0.15) is 0 Å². The zero-order valence-corrected chi connectivity index (χ0v) is 12.8. The summed E-state index contributed by atoms with van der Waals surface area (Å²) in [7, 11) is 0. The highest BCUT2D eigenvalue weighted by Crippen LogP contribution is 2.20. The summed E-state index contributed by atoms with van der Waals surface area (Å²) in [5, 5.41) is 0. The summed E-state index contributed by atoms with van der Waals surface area (Å²) < 4.78 is 11.6. The van der Waals surface area contributed by atoms with Gasteiger partial charge in [0.05, 0.1) is 13.1 Å². The van der Waals surface area contributed by atoms with E-state index in [2.05, 4.69) is 20.9 Å². The van der Waals surface area contributed by atoms with Crippen LogP contribution in [0.25, 0.3) is 0 Å². The van der Waals surface area contributed by atoms with Crippen molar-refractivity contribution in [3.8, 4) is 5.88 Å². The first-order chi connectivity index (χ1) is 8.83. The van der Waals surface area contributed by atoms with Crippen molar-refractivity contribution in [2.45, 2.75) is 32.5 Å². The molecule has 0 aromatic carbocycles. The zero-order chi connectivity index (χ0) is 14.0. The Bertz CT molecular complexity index is 467. The monoisotopic (exact) mass is 328 g/mol. The van der Waals surface area contributed by atoms with Gasteiger partial charge in [-0.3, -0.25) is 0 Å².